The number of carbonyl (C=O) groups excluding carboxylic acids is 1. The third-order valence-electron chi connectivity index (χ3n) is 3.15. The molecule has 0 unspecified atom stereocenters. The Morgan fingerprint density at radius 1 is 1.32 bits per heavy atom. The molecule has 1 aromatic heterocycles. The average Bonchev–Trinajstić information content (AvgIpc) is 2.91. The lowest BCUT2D eigenvalue weighted by molar-refractivity contribution is -0.116. The predicted molar refractivity (Wildman–Crippen MR) is 84.2 cm³/mol. The van der Waals surface area contributed by atoms with Crippen molar-refractivity contribution in [3.63, 3.8) is 0 Å². The zero-order valence-electron chi connectivity index (χ0n) is 11.8. The highest BCUT2D eigenvalue weighted by molar-refractivity contribution is 6.32. The molecule has 3 aromatic rings. The van der Waals surface area contributed by atoms with Crippen molar-refractivity contribution in [2.75, 3.05) is 12.4 Å². The molecule has 1 heterocycles. The fourth-order valence-corrected chi connectivity index (χ4v) is 2.37. The lowest BCUT2D eigenvalue weighted by atomic mass is 10.3. The lowest BCUT2D eigenvalue weighted by Gasteiger charge is -2.08. The summed E-state index contributed by atoms with van der Waals surface area (Å²) in [6.07, 6.45) is 0. The molecule has 0 fully saturated rings. The van der Waals surface area contributed by atoms with Crippen molar-refractivity contribution >= 4 is 34.2 Å². The molecule has 0 bridgehead atoms. The Morgan fingerprint density at radius 3 is 2.91 bits per heavy atom. The Bertz CT molecular complexity index is 831. The molecule has 0 aliphatic rings. The standard InChI is InChI=1S/C15H13ClN4O2/c1-22-14-7-6-10(8-11(14)16)17-15(21)9-20-13-5-3-2-4-12(13)18-19-20/h2-8H,9H2,1H3,(H,17,21). The van der Waals surface area contributed by atoms with Gasteiger partial charge in [-0.25, -0.2) is 4.68 Å². The first-order valence-corrected chi connectivity index (χ1v) is 6.97. The molecule has 0 aliphatic heterocycles. The second-order valence-electron chi connectivity index (χ2n) is 4.63. The van der Waals surface area contributed by atoms with Crippen molar-refractivity contribution < 1.29 is 9.53 Å². The summed E-state index contributed by atoms with van der Waals surface area (Å²) in [6, 6.07) is 12.5. The number of nitrogens with zero attached hydrogens (tertiary/aromatic N) is 3. The van der Waals surface area contributed by atoms with Crippen molar-refractivity contribution in [1.29, 1.82) is 0 Å². The van der Waals surface area contributed by atoms with Crippen LogP contribution in [0.1, 0.15) is 0 Å². The fourth-order valence-electron chi connectivity index (χ4n) is 2.11. The lowest BCUT2D eigenvalue weighted by Crippen LogP contribution is -2.19. The summed E-state index contributed by atoms with van der Waals surface area (Å²) in [5.74, 6) is 0.346. The van der Waals surface area contributed by atoms with E-state index >= 15 is 0 Å². The molecule has 7 heteroatoms. The van der Waals surface area contributed by atoms with Crippen LogP contribution in [0.5, 0.6) is 5.75 Å². The molecular formula is C15H13ClN4O2. The van der Waals surface area contributed by atoms with Crippen LogP contribution < -0.4 is 10.1 Å². The zero-order chi connectivity index (χ0) is 15.5. The number of rotatable bonds is 4. The van der Waals surface area contributed by atoms with Crippen LogP contribution >= 0.6 is 11.6 Å². The largest absolute Gasteiger partial charge is 0.495 e. The maximum Gasteiger partial charge on any atom is 0.246 e. The van der Waals surface area contributed by atoms with Crippen LogP contribution in [-0.2, 0) is 11.3 Å². The molecule has 0 saturated carbocycles. The van der Waals surface area contributed by atoms with Gasteiger partial charge >= 0.3 is 0 Å². The van der Waals surface area contributed by atoms with E-state index < -0.39 is 0 Å². The Morgan fingerprint density at radius 2 is 2.14 bits per heavy atom. The minimum Gasteiger partial charge on any atom is -0.495 e. The third kappa shape index (κ3) is 2.87. The number of hydrogen-bond donors (Lipinski definition) is 1. The number of fused-ring (bicyclic) bond motifs is 1. The monoisotopic (exact) mass is 316 g/mol. The van der Waals surface area contributed by atoms with E-state index in [2.05, 4.69) is 15.6 Å². The smallest absolute Gasteiger partial charge is 0.246 e. The summed E-state index contributed by atoms with van der Waals surface area (Å²) in [6.45, 7) is 0.0736. The van der Waals surface area contributed by atoms with Crippen molar-refractivity contribution in [1.82, 2.24) is 15.0 Å². The molecule has 112 valence electrons. The maximum atomic E-state index is 12.1. The van der Waals surface area contributed by atoms with Gasteiger partial charge in [-0.05, 0) is 30.3 Å². The van der Waals surface area contributed by atoms with Gasteiger partial charge in [-0.2, -0.15) is 0 Å². The number of benzene rings is 2. The van der Waals surface area contributed by atoms with Gasteiger partial charge < -0.3 is 10.1 Å². The second kappa shape index (κ2) is 6.03. The molecule has 0 aliphatic carbocycles. The molecule has 6 nitrogen and oxygen atoms in total. The van der Waals surface area contributed by atoms with Gasteiger partial charge in [0.05, 0.1) is 17.6 Å². The number of hydrogen-bond acceptors (Lipinski definition) is 4. The van der Waals surface area contributed by atoms with E-state index in [1.165, 1.54) is 7.11 Å². The first-order valence-electron chi connectivity index (χ1n) is 6.59. The number of anilines is 1. The van der Waals surface area contributed by atoms with Gasteiger partial charge in [-0.1, -0.05) is 28.9 Å². The van der Waals surface area contributed by atoms with Gasteiger partial charge in [0.25, 0.3) is 0 Å². The van der Waals surface area contributed by atoms with Gasteiger partial charge in [0, 0.05) is 5.69 Å². The van der Waals surface area contributed by atoms with Crippen LogP contribution in [0.2, 0.25) is 5.02 Å². The summed E-state index contributed by atoms with van der Waals surface area (Å²) >= 11 is 6.03. The van der Waals surface area contributed by atoms with Crippen molar-refractivity contribution in [3.8, 4) is 5.75 Å². The van der Waals surface area contributed by atoms with E-state index in [0.29, 0.717) is 16.5 Å². The number of halogens is 1. The van der Waals surface area contributed by atoms with Crippen LogP contribution in [0.3, 0.4) is 0 Å². The first kappa shape index (κ1) is 14.3. The minimum absolute atomic E-state index is 0.0736. The molecule has 0 spiro atoms. The highest BCUT2D eigenvalue weighted by Gasteiger charge is 2.10. The maximum absolute atomic E-state index is 12.1. The van der Waals surface area contributed by atoms with Gasteiger partial charge in [-0.15, -0.1) is 5.10 Å². The number of ether oxygens (including phenoxy) is 1. The van der Waals surface area contributed by atoms with Crippen LogP contribution in [0.15, 0.2) is 42.5 Å². The number of carbonyl (C=O) groups is 1. The van der Waals surface area contributed by atoms with Gasteiger partial charge in [0.1, 0.15) is 17.8 Å². The third-order valence-corrected chi connectivity index (χ3v) is 3.44. The molecule has 0 atom stereocenters. The number of amides is 1. The topological polar surface area (TPSA) is 69.0 Å². The molecule has 22 heavy (non-hydrogen) atoms. The highest BCUT2D eigenvalue weighted by atomic mass is 35.5. The first-order chi connectivity index (χ1) is 10.7. The van der Waals surface area contributed by atoms with Crippen LogP contribution in [-0.4, -0.2) is 28.0 Å². The Hall–Kier alpha value is -2.60. The Labute approximate surface area is 131 Å². The van der Waals surface area contributed by atoms with Crippen molar-refractivity contribution in [2.45, 2.75) is 6.54 Å². The van der Waals surface area contributed by atoms with E-state index in [4.69, 9.17) is 16.3 Å². The Balaban J connectivity index is 1.74. The quantitative estimate of drug-likeness (QED) is 0.803. The number of para-hydroxylation sites is 1. The fraction of sp³-hybridized carbons (Fsp3) is 0.133. The molecule has 1 amide bonds. The molecular weight excluding hydrogens is 304 g/mol. The van der Waals surface area contributed by atoms with Crippen LogP contribution in [0, 0.1) is 0 Å². The summed E-state index contributed by atoms with van der Waals surface area (Å²) in [7, 11) is 1.54. The van der Waals surface area contributed by atoms with Crippen molar-refractivity contribution in [3.05, 3.63) is 47.5 Å². The molecule has 2 aromatic carbocycles. The van der Waals surface area contributed by atoms with Crippen LogP contribution in [0.4, 0.5) is 5.69 Å². The minimum atomic E-state index is -0.211. The predicted octanol–water partition coefficient (Wildman–Crippen LogP) is 2.73. The number of aromatic nitrogens is 3. The van der Waals surface area contributed by atoms with E-state index in [1.54, 1.807) is 22.9 Å². The van der Waals surface area contributed by atoms with Gasteiger partial charge in [-0.3, -0.25) is 4.79 Å². The molecule has 0 radical (unpaired) electrons. The van der Waals surface area contributed by atoms with Crippen LogP contribution in [0.25, 0.3) is 11.0 Å². The second-order valence-corrected chi connectivity index (χ2v) is 5.04. The highest BCUT2D eigenvalue weighted by Crippen LogP contribution is 2.27. The number of methoxy groups -OCH3 is 1. The summed E-state index contributed by atoms with van der Waals surface area (Å²) in [4.78, 5) is 12.1. The molecule has 1 N–H and O–H groups in total. The summed E-state index contributed by atoms with van der Waals surface area (Å²) in [5.41, 5.74) is 2.16. The average molecular weight is 317 g/mol. The molecule has 0 saturated heterocycles. The SMILES string of the molecule is COc1ccc(NC(=O)Cn2nnc3ccccc32)cc1Cl. The molecule has 3 rings (SSSR count). The number of nitrogens with one attached hydrogen (secondary N) is 1. The van der Waals surface area contributed by atoms with Crippen molar-refractivity contribution in [2.24, 2.45) is 0 Å². The van der Waals surface area contributed by atoms with Gasteiger partial charge in [0.15, 0.2) is 0 Å². The normalized spacial score (nSPS) is 10.6. The van der Waals surface area contributed by atoms with E-state index in [-0.39, 0.29) is 12.5 Å². The summed E-state index contributed by atoms with van der Waals surface area (Å²) in [5, 5.41) is 11.2. The van der Waals surface area contributed by atoms with E-state index in [9.17, 15) is 4.79 Å². The van der Waals surface area contributed by atoms with Gasteiger partial charge in [0.2, 0.25) is 5.91 Å². The zero-order valence-corrected chi connectivity index (χ0v) is 12.5. The van der Waals surface area contributed by atoms with E-state index in [0.717, 1.165) is 11.0 Å². The van der Waals surface area contributed by atoms with E-state index in [1.807, 2.05) is 24.3 Å². The Kier molecular flexibility index (Phi) is 3.93. The summed E-state index contributed by atoms with van der Waals surface area (Å²) < 4.78 is 6.62.